The number of ether oxygens (including phenoxy) is 1. The largest absolute Gasteiger partial charge is 0.494 e. The zero-order valence-corrected chi connectivity index (χ0v) is 16.4. The van der Waals surface area contributed by atoms with E-state index >= 15 is 0 Å². The van der Waals surface area contributed by atoms with E-state index in [1.54, 1.807) is 0 Å². The van der Waals surface area contributed by atoms with Crippen LogP contribution in [0.15, 0.2) is 24.3 Å². The van der Waals surface area contributed by atoms with Crippen LogP contribution in [0.25, 0.3) is 10.9 Å². The van der Waals surface area contributed by atoms with Gasteiger partial charge in [0, 0.05) is 28.7 Å². The molecular weight excluding hydrogens is 320 g/mol. The van der Waals surface area contributed by atoms with Gasteiger partial charge >= 0.3 is 0 Å². The van der Waals surface area contributed by atoms with E-state index in [0.717, 1.165) is 18.7 Å². The van der Waals surface area contributed by atoms with Gasteiger partial charge < -0.3 is 15.0 Å². The van der Waals surface area contributed by atoms with Crippen LogP contribution in [0.4, 0.5) is 0 Å². The lowest BCUT2D eigenvalue weighted by Crippen LogP contribution is -2.31. The molecule has 0 radical (unpaired) electrons. The molecule has 1 aromatic heterocycles. The summed E-state index contributed by atoms with van der Waals surface area (Å²) in [4.78, 5) is 3.73. The molecule has 136 valence electrons. The molecule has 1 atom stereocenters. The van der Waals surface area contributed by atoms with Crippen molar-refractivity contribution in [2.24, 2.45) is 0 Å². The Morgan fingerprint density at radius 1 is 1.00 bits per heavy atom. The van der Waals surface area contributed by atoms with Crippen molar-refractivity contribution in [1.29, 1.82) is 0 Å². The summed E-state index contributed by atoms with van der Waals surface area (Å²) in [5.41, 5.74) is 10.5. The van der Waals surface area contributed by atoms with E-state index in [2.05, 4.69) is 62.3 Å². The summed E-state index contributed by atoms with van der Waals surface area (Å²) in [7, 11) is 0. The van der Waals surface area contributed by atoms with E-state index in [4.69, 9.17) is 4.74 Å². The fourth-order valence-corrected chi connectivity index (χ4v) is 4.36. The lowest BCUT2D eigenvalue weighted by Gasteiger charge is -2.27. The van der Waals surface area contributed by atoms with E-state index in [1.165, 1.54) is 50.0 Å². The van der Waals surface area contributed by atoms with Crippen molar-refractivity contribution in [1.82, 2.24) is 10.3 Å². The summed E-state index contributed by atoms with van der Waals surface area (Å²) in [6, 6.07) is 9.17. The van der Waals surface area contributed by atoms with Gasteiger partial charge in [-0.05, 0) is 81.0 Å². The van der Waals surface area contributed by atoms with E-state index in [-0.39, 0.29) is 6.04 Å². The Labute approximate surface area is 155 Å². The van der Waals surface area contributed by atoms with Crippen LogP contribution in [0.3, 0.4) is 0 Å². The number of rotatable bonds is 3. The zero-order valence-electron chi connectivity index (χ0n) is 16.4. The molecule has 1 aliphatic rings. The third kappa shape index (κ3) is 2.71. The number of aromatic amines is 1. The first-order valence-corrected chi connectivity index (χ1v) is 9.58. The Morgan fingerprint density at radius 2 is 1.77 bits per heavy atom. The summed E-state index contributed by atoms with van der Waals surface area (Å²) >= 11 is 0. The molecule has 2 aromatic carbocycles. The van der Waals surface area contributed by atoms with Crippen molar-refractivity contribution in [2.75, 3.05) is 13.2 Å². The normalized spacial score (nSPS) is 16.7. The number of aromatic nitrogens is 1. The highest BCUT2D eigenvalue weighted by molar-refractivity contribution is 5.89. The fourth-order valence-electron chi connectivity index (χ4n) is 4.36. The standard InChI is InChI=1S/C23H28N2O/c1-6-26-20-12-15(4)14(3)11-18(20)22-23-17(7-8-24-22)21-16(5)9-13(2)10-19(21)25-23/h9-12,22,24-25H,6-8H2,1-5H3. The van der Waals surface area contributed by atoms with Crippen molar-refractivity contribution < 1.29 is 4.74 Å². The minimum atomic E-state index is 0.145. The number of H-pyrrole nitrogens is 1. The lowest BCUT2D eigenvalue weighted by molar-refractivity contribution is 0.332. The van der Waals surface area contributed by atoms with Crippen molar-refractivity contribution >= 4 is 10.9 Å². The molecular formula is C23H28N2O. The molecule has 0 spiro atoms. The number of nitrogens with one attached hydrogen (secondary N) is 2. The molecule has 0 amide bonds. The summed E-state index contributed by atoms with van der Waals surface area (Å²) in [6.07, 6.45) is 1.06. The minimum Gasteiger partial charge on any atom is -0.494 e. The van der Waals surface area contributed by atoms with Crippen LogP contribution in [0.1, 0.15) is 52.0 Å². The van der Waals surface area contributed by atoms with Gasteiger partial charge in [-0.3, -0.25) is 0 Å². The molecule has 3 heteroatoms. The van der Waals surface area contributed by atoms with Crippen LogP contribution in [-0.2, 0) is 6.42 Å². The maximum Gasteiger partial charge on any atom is 0.124 e. The maximum atomic E-state index is 6.00. The van der Waals surface area contributed by atoms with Crippen LogP contribution in [0.2, 0.25) is 0 Å². The van der Waals surface area contributed by atoms with Crippen molar-refractivity contribution in [3.05, 3.63) is 63.3 Å². The lowest BCUT2D eigenvalue weighted by atomic mass is 9.91. The maximum absolute atomic E-state index is 6.00. The Morgan fingerprint density at radius 3 is 2.54 bits per heavy atom. The Kier molecular flexibility index (Phi) is 4.28. The second kappa shape index (κ2) is 6.48. The number of fused-ring (bicyclic) bond motifs is 3. The molecule has 0 fully saturated rings. The molecule has 26 heavy (non-hydrogen) atoms. The van der Waals surface area contributed by atoms with Crippen LogP contribution >= 0.6 is 0 Å². The van der Waals surface area contributed by atoms with Crippen molar-refractivity contribution in [3.8, 4) is 5.75 Å². The van der Waals surface area contributed by atoms with Crippen LogP contribution < -0.4 is 10.1 Å². The molecule has 1 aliphatic heterocycles. The van der Waals surface area contributed by atoms with E-state index < -0.39 is 0 Å². The molecule has 4 rings (SSSR count). The van der Waals surface area contributed by atoms with Gasteiger partial charge in [0.15, 0.2) is 0 Å². The van der Waals surface area contributed by atoms with Gasteiger partial charge in [-0.1, -0.05) is 12.1 Å². The molecule has 0 aliphatic carbocycles. The third-order valence-corrected chi connectivity index (χ3v) is 5.63. The average Bonchev–Trinajstić information content (AvgIpc) is 2.96. The van der Waals surface area contributed by atoms with Gasteiger partial charge in [-0.25, -0.2) is 0 Å². The molecule has 2 heterocycles. The third-order valence-electron chi connectivity index (χ3n) is 5.63. The minimum absolute atomic E-state index is 0.145. The molecule has 2 N–H and O–H groups in total. The number of aryl methyl sites for hydroxylation is 4. The van der Waals surface area contributed by atoms with Gasteiger partial charge in [-0.2, -0.15) is 0 Å². The van der Waals surface area contributed by atoms with E-state index in [9.17, 15) is 0 Å². The predicted molar refractivity (Wildman–Crippen MR) is 108 cm³/mol. The second-order valence-electron chi connectivity index (χ2n) is 7.57. The van der Waals surface area contributed by atoms with Gasteiger partial charge in [0.25, 0.3) is 0 Å². The smallest absolute Gasteiger partial charge is 0.124 e. The Bertz CT molecular complexity index is 984. The van der Waals surface area contributed by atoms with Gasteiger partial charge in [0.05, 0.1) is 12.6 Å². The quantitative estimate of drug-likeness (QED) is 0.696. The van der Waals surface area contributed by atoms with Gasteiger partial charge in [0.1, 0.15) is 5.75 Å². The van der Waals surface area contributed by atoms with Crippen molar-refractivity contribution in [2.45, 2.75) is 47.1 Å². The highest BCUT2D eigenvalue weighted by Gasteiger charge is 2.28. The second-order valence-corrected chi connectivity index (χ2v) is 7.57. The molecule has 0 saturated carbocycles. The topological polar surface area (TPSA) is 37.0 Å². The number of hydrogen-bond donors (Lipinski definition) is 2. The molecule has 0 bridgehead atoms. The molecule has 1 unspecified atom stereocenters. The highest BCUT2D eigenvalue weighted by atomic mass is 16.5. The fraction of sp³-hybridized carbons (Fsp3) is 0.391. The summed E-state index contributed by atoms with van der Waals surface area (Å²) in [5.74, 6) is 0.993. The molecule has 3 nitrogen and oxygen atoms in total. The first-order chi connectivity index (χ1) is 12.5. The van der Waals surface area contributed by atoms with Crippen LogP contribution in [0.5, 0.6) is 5.75 Å². The van der Waals surface area contributed by atoms with Crippen LogP contribution in [-0.4, -0.2) is 18.1 Å². The van der Waals surface area contributed by atoms with Crippen molar-refractivity contribution in [3.63, 3.8) is 0 Å². The van der Waals surface area contributed by atoms with Gasteiger partial charge in [0.2, 0.25) is 0 Å². The van der Waals surface area contributed by atoms with E-state index in [0.29, 0.717) is 6.61 Å². The average molecular weight is 348 g/mol. The summed E-state index contributed by atoms with van der Waals surface area (Å²) in [6.45, 7) is 12.4. The first-order valence-electron chi connectivity index (χ1n) is 9.58. The summed E-state index contributed by atoms with van der Waals surface area (Å²) < 4.78 is 6.00. The monoisotopic (exact) mass is 348 g/mol. The van der Waals surface area contributed by atoms with E-state index in [1.807, 2.05) is 6.92 Å². The first kappa shape index (κ1) is 17.2. The zero-order chi connectivity index (χ0) is 18.4. The van der Waals surface area contributed by atoms with Gasteiger partial charge in [-0.15, -0.1) is 0 Å². The Hall–Kier alpha value is -2.26. The summed E-state index contributed by atoms with van der Waals surface area (Å²) in [5, 5.41) is 5.12. The number of benzene rings is 2. The molecule has 3 aromatic rings. The predicted octanol–water partition coefficient (Wildman–Crippen LogP) is 5.04. The molecule has 0 saturated heterocycles. The SMILES string of the molecule is CCOc1cc(C)c(C)cc1C1NCCc2c1[nH]c1cc(C)cc(C)c21. The Balaban J connectivity index is 1.92. The highest BCUT2D eigenvalue weighted by Crippen LogP contribution is 2.39. The van der Waals surface area contributed by atoms with Crippen LogP contribution in [0, 0.1) is 27.7 Å². The number of hydrogen-bond acceptors (Lipinski definition) is 2.